The summed E-state index contributed by atoms with van der Waals surface area (Å²) in [7, 11) is 0. The molecule has 14 heavy (non-hydrogen) atoms. The summed E-state index contributed by atoms with van der Waals surface area (Å²) in [4.78, 5) is 0. The second-order valence-corrected chi connectivity index (χ2v) is 4.54. The van der Waals surface area contributed by atoms with Crippen molar-refractivity contribution in [3.63, 3.8) is 0 Å². The summed E-state index contributed by atoms with van der Waals surface area (Å²) in [5, 5.41) is 17.7. The number of aliphatic hydroxyl groups is 2. The predicted octanol–water partition coefficient (Wildman–Crippen LogP) is 2.93. The molecule has 2 nitrogen and oxygen atoms in total. The van der Waals surface area contributed by atoms with E-state index in [1.54, 1.807) is 0 Å². The SMILES string of the molecule is CCC(C)CCCCCC(C)C(O)O. The van der Waals surface area contributed by atoms with Crippen molar-refractivity contribution in [3.05, 3.63) is 0 Å². The summed E-state index contributed by atoms with van der Waals surface area (Å²) in [6.45, 7) is 6.41. The van der Waals surface area contributed by atoms with Crippen molar-refractivity contribution in [2.75, 3.05) is 0 Å². The van der Waals surface area contributed by atoms with E-state index in [2.05, 4.69) is 13.8 Å². The molecule has 2 N–H and O–H groups in total. The van der Waals surface area contributed by atoms with Gasteiger partial charge in [0.1, 0.15) is 0 Å². The lowest BCUT2D eigenvalue weighted by atomic mass is 9.98. The minimum atomic E-state index is -1.13. The highest BCUT2D eigenvalue weighted by atomic mass is 16.5. The van der Waals surface area contributed by atoms with E-state index in [1.165, 1.54) is 25.7 Å². The third-order valence-electron chi connectivity index (χ3n) is 3.06. The number of aliphatic hydroxyl groups excluding tert-OH is 1. The quantitative estimate of drug-likeness (QED) is 0.469. The van der Waals surface area contributed by atoms with Gasteiger partial charge in [-0.2, -0.15) is 0 Å². The van der Waals surface area contributed by atoms with Gasteiger partial charge in [0.25, 0.3) is 0 Å². The lowest BCUT2D eigenvalue weighted by Gasteiger charge is -2.13. The second-order valence-electron chi connectivity index (χ2n) is 4.54. The van der Waals surface area contributed by atoms with Crippen LogP contribution < -0.4 is 0 Å². The Kier molecular flexibility index (Phi) is 8.20. The Morgan fingerprint density at radius 1 is 0.929 bits per heavy atom. The molecule has 0 bridgehead atoms. The van der Waals surface area contributed by atoms with Gasteiger partial charge in [0.2, 0.25) is 0 Å². The van der Waals surface area contributed by atoms with Gasteiger partial charge in [0.15, 0.2) is 6.29 Å². The molecule has 0 aliphatic carbocycles. The topological polar surface area (TPSA) is 40.5 Å². The molecule has 0 aromatic heterocycles. The third-order valence-corrected chi connectivity index (χ3v) is 3.06. The summed E-state index contributed by atoms with van der Waals surface area (Å²) in [6.07, 6.45) is 6.00. The molecule has 2 atom stereocenters. The zero-order chi connectivity index (χ0) is 11.0. The van der Waals surface area contributed by atoms with E-state index in [0.29, 0.717) is 0 Å². The Morgan fingerprint density at radius 3 is 2.00 bits per heavy atom. The first-order chi connectivity index (χ1) is 6.57. The Morgan fingerprint density at radius 2 is 1.50 bits per heavy atom. The maximum atomic E-state index is 8.86. The van der Waals surface area contributed by atoms with Crippen molar-refractivity contribution in [1.82, 2.24) is 0 Å². The summed E-state index contributed by atoms with van der Waals surface area (Å²) < 4.78 is 0. The number of hydrogen-bond donors (Lipinski definition) is 2. The highest BCUT2D eigenvalue weighted by molar-refractivity contribution is 4.56. The van der Waals surface area contributed by atoms with Gasteiger partial charge in [-0.05, 0) is 12.3 Å². The molecule has 0 aliphatic rings. The Labute approximate surface area is 88.3 Å². The average molecular weight is 202 g/mol. The van der Waals surface area contributed by atoms with Crippen molar-refractivity contribution in [2.45, 2.75) is 65.6 Å². The van der Waals surface area contributed by atoms with Gasteiger partial charge < -0.3 is 10.2 Å². The van der Waals surface area contributed by atoms with E-state index in [1.807, 2.05) is 6.92 Å². The van der Waals surface area contributed by atoms with Gasteiger partial charge in [-0.3, -0.25) is 0 Å². The first-order valence-corrected chi connectivity index (χ1v) is 5.94. The first kappa shape index (κ1) is 13.9. The molecule has 0 radical (unpaired) electrons. The lowest BCUT2D eigenvalue weighted by Crippen LogP contribution is -2.15. The molecule has 0 aliphatic heterocycles. The molecule has 0 amide bonds. The maximum absolute atomic E-state index is 8.86. The Hall–Kier alpha value is -0.0800. The minimum Gasteiger partial charge on any atom is -0.368 e. The van der Waals surface area contributed by atoms with E-state index in [4.69, 9.17) is 10.2 Å². The average Bonchev–Trinajstić information content (AvgIpc) is 2.16. The normalized spacial score (nSPS) is 15.9. The fourth-order valence-electron chi connectivity index (χ4n) is 1.49. The van der Waals surface area contributed by atoms with Crippen molar-refractivity contribution >= 4 is 0 Å². The monoisotopic (exact) mass is 202 g/mol. The molecule has 2 unspecified atom stereocenters. The summed E-state index contributed by atoms with van der Waals surface area (Å²) >= 11 is 0. The summed E-state index contributed by atoms with van der Waals surface area (Å²) in [6, 6.07) is 0. The third kappa shape index (κ3) is 7.34. The van der Waals surface area contributed by atoms with Crippen LogP contribution in [0.4, 0.5) is 0 Å². The Balaban J connectivity index is 3.21. The molecule has 0 spiro atoms. The van der Waals surface area contributed by atoms with Crippen LogP contribution in [0.25, 0.3) is 0 Å². The smallest absolute Gasteiger partial charge is 0.154 e. The van der Waals surface area contributed by atoms with Gasteiger partial charge in [0, 0.05) is 5.92 Å². The van der Waals surface area contributed by atoms with Crippen LogP contribution in [0.5, 0.6) is 0 Å². The van der Waals surface area contributed by atoms with Gasteiger partial charge in [-0.25, -0.2) is 0 Å². The summed E-state index contributed by atoms with van der Waals surface area (Å²) in [5.41, 5.74) is 0. The molecule has 0 heterocycles. The fourth-order valence-corrected chi connectivity index (χ4v) is 1.49. The van der Waals surface area contributed by atoms with E-state index >= 15 is 0 Å². The molecule has 0 saturated heterocycles. The van der Waals surface area contributed by atoms with Crippen molar-refractivity contribution in [3.8, 4) is 0 Å². The molecule has 0 aromatic carbocycles. The Bertz CT molecular complexity index is 123. The molecular weight excluding hydrogens is 176 g/mol. The lowest BCUT2D eigenvalue weighted by molar-refractivity contribution is -0.0808. The molecule has 0 saturated carbocycles. The van der Waals surface area contributed by atoms with Gasteiger partial charge in [-0.1, -0.05) is 52.9 Å². The van der Waals surface area contributed by atoms with Crippen LogP contribution in [0.15, 0.2) is 0 Å². The molecule has 0 fully saturated rings. The fraction of sp³-hybridized carbons (Fsp3) is 1.00. The minimum absolute atomic E-state index is 0.0265. The van der Waals surface area contributed by atoms with Crippen molar-refractivity contribution in [1.29, 1.82) is 0 Å². The standard InChI is InChI=1S/C12H26O2/c1-4-10(2)8-6-5-7-9-11(3)12(13)14/h10-14H,4-9H2,1-3H3. The molecule has 86 valence electrons. The zero-order valence-corrected chi connectivity index (χ0v) is 9.87. The van der Waals surface area contributed by atoms with Crippen molar-refractivity contribution < 1.29 is 10.2 Å². The number of rotatable bonds is 8. The van der Waals surface area contributed by atoms with Crippen LogP contribution in [0.2, 0.25) is 0 Å². The zero-order valence-electron chi connectivity index (χ0n) is 9.87. The summed E-state index contributed by atoms with van der Waals surface area (Å²) in [5.74, 6) is 0.870. The highest BCUT2D eigenvalue weighted by Gasteiger charge is 2.09. The second kappa shape index (κ2) is 8.25. The van der Waals surface area contributed by atoms with E-state index in [-0.39, 0.29) is 5.92 Å². The van der Waals surface area contributed by atoms with Crippen LogP contribution in [-0.4, -0.2) is 16.5 Å². The molecule has 0 aromatic rings. The van der Waals surface area contributed by atoms with Gasteiger partial charge in [-0.15, -0.1) is 0 Å². The van der Waals surface area contributed by atoms with Crippen LogP contribution >= 0.6 is 0 Å². The largest absolute Gasteiger partial charge is 0.368 e. The number of hydrogen-bond acceptors (Lipinski definition) is 2. The molecular formula is C12H26O2. The highest BCUT2D eigenvalue weighted by Crippen LogP contribution is 2.16. The maximum Gasteiger partial charge on any atom is 0.154 e. The van der Waals surface area contributed by atoms with Crippen LogP contribution in [-0.2, 0) is 0 Å². The van der Waals surface area contributed by atoms with Crippen molar-refractivity contribution in [2.24, 2.45) is 11.8 Å². The predicted molar refractivity (Wildman–Crippen MR) is 59.9 cm³/mol. The van der Waals surface area contributed by atoms with E-state index < -0.39 is 6.29 Å². The number of unbranched alkanes of at least 4 members (excludes halogenated alkanes) is 2. The molecule has 2 heteroatoms. The van der Waals surface area contributed by atoms with Crippen LogP contribution in [0.3, 0.4) is 0 Å². The van der Waals surface area contributed by atoms with Gasteiger partial charge >= 0.3 is 0 Å². The molecule has 0 rings (SSSR count). The first-order valence-electron chi connectivity index (χ1n) is 5.94. The van der Waals surface area contributed by atoms with Crippen LogP contribution in [0.1, 0.15) is 59.3 Å². The van der Waals surface area contributed by atoms with Gasteiger partial charge in [0.05, 0.1) is 0 Å². The van der Waals surface area contributed by atoms with E-state index in [0.717, 1.165) is 18.8 Å². The van der Waals surface area contributed by atoms with E-state index in [9.17, 15) is 0 Å². The van der Waals surface area contributed by atoms with Crippen LogP contribution in [0, 0.1) is 11.8 Å².